The van der Waals surface area contributed by atoms with Gasteiger partial charge in [0.1, 0.15) is 0 Å². The summed E-state index contributed by atoms with van der Waals surface area (Å²) in [4.78, 5) is 25.7. The van der Waals surface area contributed by atoms with Crippen LogP contribution in [0.5, 0.6) is 0 Å². The molecule has 1 heterocycles. The van der Waals surface area contributed by atoms with E-state index in [1.54, 1.807) is 42.2 Å². The van der Waals surface area contributed by atoms with Gasteiger partial charge in [-0.25, -0.2) is 9.48 Å². The van der Waals surface area contributed by atoms with E-state index in [1.807, 2.05) is 37.3 Å². The molecule has 0 aliphatic heterocycles. The number of carbonyl (C=O) groups excluding carboxylic acids is 2. The van der Waals surface area contributed by atoms with Crippen molar-refractivity contribution in [2.24, 2.45) is 0 Å². The minimum atomic E-state index is -0.460. The minimum Gasteiger partial charge on any atom is -0.452 e. The van der Waals surface area contributed by atoms with Crippen LogP contribution in [0.15, 0.2) is 60.8 Å². The van der Waals surface area contributed by atoms with Crippen LogP contribution in [-0.4, -0.2) is 35.9 Å². The van der Waals surface area contributed by atoms with Crippen LogP contribution in [-0.2, 0) is 11.2 Å². The van der Waals surface area contributed by atoms with Crippen molar-refractivity contribution < 1.29 is 14.3 Å². The number of carbonyl (C=O) groups is 2. The van der Waals surface area contributed by atoms with E-state index in [2.05, 4.69) is 10.4 Å². The summed E-state index contributed by atoms with van der Waals surface area (Å²) < 4.78 is 6.47. The third kappa shape index (κ3) is 3.88. The van der Waals surface area contributed by atoms with Crippen LogP contribution >= 0.6 is 0 Å². The highest BCUT2D eigenvalue weighted by Crippen LogP contribution is 2.20. The maximum absolute atomic E-state index is 12.8. The third-order valence-corrected chi connectivity index (χ3v) is 4.41. The van der Waals surface area contributed by atoms with Crippen molar-refractivity contribution in [2.45, 2.75) is 13.3 Å². The van der Waals surface area contributed by atoms with Gasteiger partial charge in [0, 0.05) is 18.4 Å². The molecule has 0 spiro atoms. The van der Waals surface area contributed by atoms with E-state index < -0.39 is 6.09 Å². The normalized spacial score (nSPS) is 10.4. The highest BCUT2D eigenvalue weighted by molar-refractivity contribution is 6.05. The van der Waals surface area contributed by atoms with E-state index >= 15 is 0 Å². The number of nitrogens with zero attached hydrogens (tertiary/aromatic N) is 3. The lowest BCUT2D eigenvalue weighted by Crippen LogP contribution is -2.25. The van der Waals surface area contributed by atoms with Crippen LogP contribution in [0.2, 0.25) is 0 Å². The number of aromatic nitrogens is 2. The Hall–Kier alpha value is -3.61. The van der Waals surface area contributed by atoms with Gasteiger partial charge in [-0.15, -0.1) is 0 Å². The number of para-hydroxylation sites is 1. The van der Waals surface area contributed by atoms with E-state index in [-0.39, 0.29) is 5.91 Å². The smallest absolute Gasteiger partial charge is 0.413 e. The molecule has 1 N–H and O–H groups in total. The fourth-order valence-electron chi connectivity index (χ4n) is 2.90. The average Bonchev–Trinajstić information content (AvgIpc) is 3.18. The van der Waals surface area contributed by atoms with Crippen molar-refractivity contribution >= 4 is 23.4 Å². The fourth-order valence-corrected chi connectivity index (χ4v) is 2.90. The van der Waals surface area contributed by atoms with Crippen LogP contribution in [0, 0.1) is 0 Å². The standard InChI is InChI=1S/C21H22N4O3/c1-4-19-18(14-22-25(19)17-8-6-5-7-9-17)20(26)23-15-10-12-16(13-11-15)24(2)21(27)28-3/h5-14H,4H2,1-3H3,(H,23,26). The zero-order valence-corrected chi connectivity index (χ0v) is 16.0. The first-order chi connectivity index (χ1) is 13.5. The highest BCUT2D eigenvalue weighted by atomic mass is 16.5. The largest absolute Gasteiger partial charge is 0.452 e. The minimum absolute atomic E-state index is 0.229. The molecule has 0 radical (unpaired) electrons. The van der Waals surface area contributed by atoms with Crippen LogP contribution in [0.3, 0.4) is 0 Å². The van der Waals surface area contributed by atoms with Gasteiger partial charge in [0.2, 0.25) is 0 Å². The van der Waals surface area contributed by atoms with Gasteiger partial charge >= 0.3 is 6.09 Å². The predicted octanol–water partition coefficient (Wildman–Crippen LogP) is 3.89. The number of ether oxygens (including phenoxy) is 1. The van der Waals surface area contributed by atoms with Crippen LogP contribution in [0.25, 0.3) is 5.69 Å². The quantitative estimate of drug-likeness (QED) is 0.731. The van der Waals surface area contributed by atoms with Crippen molar-refractivity contribution in [2.75, 3.05) is 24.4 Å². The molecule has 3 aromatic rings. The van der Waals surface area contributed by atoms with Gasteiger partial charge in [-0.05, 0) is 42.8 Å². The van der Waals surface area contributed by atoms with Crippen LogP contribution in [0.4, 0.5) is 16.2 Å². The second-order valence-corrected chi connectivity index (χ2v) is 6.14. The molecule has 0 saturated heterocycles. The van der Waals surface area contributed by atoms with Crippen LogP contribution in [0.1, 0.15) is 23.0 Å². The number of anilines is 2. The molecule has 0 saturated carbocycles. The third-order valence-electron chi connectivity index (χ3n) is 4.41. The molecule has 7 heteroatoms. The summed E-state index contributed by atoms with van der Waals surface area (Å²) >= 11 is 0. The molecule has 0 bridgehead atoms. The Morgan fingerprint density at radius 2 is 1.79 bits per heavy atom. The summed E-state index contributed by atoms with van der Waals surface area (Å²) in [7, 11) is 2.94. The summed E-state index contributed by atoms with van der Waals surface area (Å²) in [5.74, 6) is -0.229. The molecule has 0 fully saturated rings. The predicted molar refractivity (Wildman–Crippen MR) is 108 cm³/mol. The summed E-state index contributed by atoms with van der Waals surface area (Å²) in [6.45, 7) is 1.99. The lowest BCUT2D eigenvalue weighted by molar-refractivity contribution is 0.102. The van der Waals surface area contributed by atoms with Gasteiger partial charge in [-0.3, -0.25) is 9.69 Å². The first-order valence-electron chi connectivity index (χ1n) is 8.90. The van der Waals surface area contributed by atoms with E-state index in [1.165, 1.54) is 12.0 Å². The molecule has 0 aliphatic carbocycles. The first kappa shape index (κ1) is 19.2. The second kappa shape index (κ2) is 8.39. The molecule has 0 atom stereocenters. The molecule has 2 amide bonds. The number of hydrogen-bond acceptors (Lipinski definition) is 4. The van der Waals surface area contributed by atoms with Gasteiger partial charge in [-0.1, -0.05) is 25.1 Å². The summed E-state index contributed by atoms with van der Waals surface area (Å²) in [5, 5.41) is 7.26. The topological polar surface area (TPSA) is 76.5 Å². The maximum atomic E-state index is 12.8. The number of nitrogens with one attached hydrogen (secondary N) is 1. The Morgan fingerprint density at radius 3 is 2.39 bits per heavy atom. The molecule has 7 nitrogen and oxygen atoms in total. The van der Waals surface area contributed by atoms with Crippen molar-refractivity contribution in [1.82, 2.24) is 9.78 Å². The lowest BCUT2D eigenvalue weighted by Gasteiger charge is -2.16. The second-order valence-electron chi connectivity index (χ2n) is 6.14. The summed E-state index contributed by atoms with van der Waals surface area (Å²) in [6, 6.07) is 16.6. The number of rotatable bonds is 5. The number of benzene rings is 2. The molecule has 2 aromatic carbocycles. The maximum Gasteiger partial charge on any atom is 0.413 e. The van der Waals surface area contributed by atoms with Gasteiger partial charge in [-0.2, -0.15) is 5.10 Å². The van der Waals surface area contributed by atoms with Crippen molar-refractivity contribution in [1.29, 1.82) is 0 Å². The fraction of sp³-hybridized carbons (Fsp3) is 0.190. The first-order valence-corrected chi connectivity index (χ1v) is 8.90. The molecule has 144 valence electrons. The number of hydrogen-bond donors (Lipinski definition) is 1. The Labute approximate surface area is 163 Å². The Bertz CT molecular complexity index is 965. The zero-order chi connectivity index (χ0) is 20.1. The lowest BCUT2D eigenvalue weighted by atomic mass is 10.1. The number of methoxy groups -OCH3 is 1. The highest BCUT2D eigenvalue weighted by Gasteiger charge is 2.17. The van der Waals surface area contributed by atoms with E-state index in [0.717, 1.165) is 11.4 Å². The monoisotopic (exact) mass is 378 g/mol. The van der Waals surface area contributed by atoms with Crippen molar-refractivity contribution in [3.05, 3.63) is 72.1 Å². The van der Waals surface area contributed by atoms with Crippen molar-refractivity contribution in [3.8, 4) is 5.69 Å². The molecule has 3 rings (SSSR count). The molecular formula is C21H22N4O3. The van der Waals surface area contributed by atoms with Gasteiger partial charge < -0.3 is 10.1 Å². The Morgan fingerprint density at radius 1 is 1.11 bits per heavy atom. The number of amides is 2. The van der Waals surface area contributed by atoms with Gasteiger partial charge in [0.25, 0.3) is 5.91 Å². The molecule has 0 aliphatic rings. The summed E-state index contributed by atoms with van der Waals surface area (Å²) in [6.07, 6.45) is 1.79. The summed E-state index contributed by atoms with van der Waals surface area (Å²) in [5.41, 5.74) is 3.57. The van der Waals surface area contributed by atoms with E-state index in [9.17, 15) is 9.59 Å². The Kier molecular flexibility index (Phi) is 5.74. The Balaban J connectivity index is 1.78. The molecule has 28 heavy (non-hydrogen) atoms. The van der Waals surface area contributed by atoms with Crippen LogP contribution < -0.4 is 10.2 Å². The molecule has 1 aromatic heterocycles. The van der Waals surface area contributed by atoms with E-state index in [4.69, 9.17) is 4.74 Å². The van der Waals surface area contributed by atoms with Gasteiger partial charge in [0.05, 0.1) is 30.3 Å². The molecule has 0 unspecified atom stereocenters. The van der Waals surface area contributed by atoms with E-state index in [0.29, 0.717) is 23.4 Å². The molecular weight excluding hydrogens is 356 g/mol. The van der Waals surface area contributed by atoms with Crippen molar-refractivity contribution in [3.63, 3.8) is 0 Å². The average molecular weight is 378 g/mol. The van der Waals surface area contributed by atoms with Gasteiger partial charge in [0.15, 0.2) is 0 Å². The SMILES string of the molecule is CCc1c(C(=O)Nc2ccc(N(C)C(=O)OC)cc2)cnn1-c1ccccc1. The zero-order valence-electron chi connectivity index (χ0n) is 16.0.